The maximum absolute atomic E-state index is 11.6. The molecule has 0 aromatic heterocycles. The van der Waals surface area contributed by atoms with Crippen molar-refractivity contribution in [3.05, 3.63) is 0 Å². The number of nitrogens with zero attached hydrogens (tertiary/aromatic N) is 1. The molecule has 0 atom stereocenters. The van der Waals surface area contributed by atoms with Crippen LogP contribution in [0.5, 0.6) is 0 Å². The molecule has 1 aliphatic heterocycles. The maximum Gasteiger partial charge on any atom is 0.233 e. The van der Waals surface area contributed by atoms with Gasteiger partial charge in [-0.25, -0.2) is 0 Å². The van der Waals surface area contributed by atoms with E-state index >= 15 is 0 Å². The van der Waals surface area contributed by atoms with Crippen LogP contribution in [0.3, 0.4) is 0 Å². The highest BCUT2D eigenvalue weighted by Gasteiger charge is 2.39. The van der Waals surface area contributed by atoms with Crippen LogP contribution in [-0.2, 0) is 9.59 Å². The molecular formula is C9H15NO2S. The smallest absolute Gasteiger partial charge is 0.233 e. The van der Waals surface area contributed by atoms with Crippen LogP contribution in [0.15, 0.2) is 0 Å². The molecule has 4 heteroatoms. The quantitative estimate of drug-likeness (QED) is 0.667. The minimum absolute atomic E-state index is 0.0725. The average molecular weight is 201 g/mol. The number of hydrogen-bond donors (Lipinski definition) is 0. The summed E-state index contributed by atoms with van der Waals surface area (Å²) in [6.45, 7) is 4.18. The highest BCUT2D eigenvalue weighted by Crippen LogP contribution is 2.26. The van der Waals surface area contributed by atoms with Crippen LogP contribution in [0.4, 0.5) is 0 Å². The van der Waals surface area contributed by atoms with E-state index in [-0.39, 0.29) is 17.2 Å². The van der Waals surface area contributed by atoms with Gasteiger partial charge in [-0.05, 0) is 20.1 Å². The first kappa shape index (κ1) is 10.6. The Morgan fingerprint density at radius 2 is 2.23 bits per heavy atom. The molecule has 3 nitrogen and oxygen atoms in total. The number of rotatable bonds is 2. The van der Waals surface area contributed by atoms with E-state index in [1.807, 2.05) is 20.1 Å². The summed E-state index contributed by atoms with van der Waals surface area (Å²) < 4.78 is 0. The molecule has 1 saturated heterocycles. The fraction of sp³-hybridized carbons (Fsp3) is 0.778. The fourth-order valence-corrected chi connectivity index (χ4v) is 2.05. The van der Waals surface area contributed by atoms with Gasteiger partial charge in [-0.3, -0.25) is 9.59 Å². The van der Waals surface area contributed by atoms with Gasteiger partial charge in [0.25, 0.3) is 0 Å². The van der Waals surface area contributed by atoms with Crippen molar-refractivity contribution in [2.24, 2.45) is 0 Å². The number of ketones is 1. The Bertz CT molecular complexity index is 238. The molecule has 1 fully saturated rings. The molecule has 1 rings (SSSR count). The Hall–Kier alpha value is -0.510. The highest BCUT2D eigenvalue weighted by molar-refractivity contribution is 7.99. The molecular weight excluding hydrogens is 186 g/mol. The minimum atomic E-state index is -0.274. The number of thioether (sulfide) groups is 1. The van der Waals surface area contributed by atoms with Crippen molar-refractivity contribution in [2.75, 3.05) is 18.6 Å². The molecule has 0 radical (unpaired) electrons. The Labute approximate surface area is 82.9 Å². The van der Waals surface area contributed by atoms with E-state index in [1.54, 1.807) is 4.90 Å². The van der Waals surface area contributed by atoms with Crippen LogP contribution in [0.25, 0.3) is 0 Å². The average Bonchev–Trinajstić information content (AvgIpc) is 2.24. The number of amides is 1. The van der Waals surface area contributed by atoms with Crippen molar-refractivity contribution < 1.29 is 9.59 Å². The molecule has 0 aromatic rings. The largest absolute Gasteiger partial charge is 0.329 e. The lowest BCUT2D eigenvalue weighted by molar-refractivity contribution is -0.132. The molecule has 0 bridgehead atoms. The topological polar surface area (TPSA) is 37.4 Å². The zero-order valence-electron chi connectivity index (χ0n) is 8.29. The zero-order valence-corrected chi connectivity index (χ0v) is 9.11. The third-order valence-corrected chi connectivity index (χ3v) is 2.80. The number of carbonyl (C=O) groups is 2. The number of carbonyl (C=O) groups excluding carboxylic acids is 2. The van der Waals surface area contributed by atoms with E-state index in [1.165, 1.54) is 11.8 Å². The van der Waals surface area contributed by atoms with E-state index in [0.717, 1.165) is 0 Å². The normalized spacial score (nSPS) is 20.8. The maximum atomic E-state index is 11.6. The molecule has 1 aliphatic rings. The molecule has 1 amide bonds. The van der Waals surface area contributed by atoms with E-state index < -0.39 is 0 Å². The molecule has 0 spiro atoms. The molecule has 13 heavy (non-hydrogen) atoms. The van der Waals surface area contributed by atoms with Crippen LogP contribution in [-0.4, -0.2) is 40.7 Å². The molecule has 0 N–H and O–H groups in total. The summed E-state index contributed by atoms with van der Waals surface area (Å²) in [7, 11) is 0. The van der Waals surface area contributed by atoms with Crippen molar-refractivity contribution in [1.82, 2.24) is 4.90 Å². The van der Waals surface area contributed by atoms with Crippen molar-refractivity contribution >= 4 is 23.5 Å². The van der Waals surface area contributed by atoms with E-state index in [4.69, 9.17) is 0 Å². The Morgan fingerprint density at radius 3 is 2.62 bits per heavy atom. The van der Waals surface area contributed by atoms with Gasteiger partial charge in [-0.15, -0.1) is 0 Å². The van der Waals surface area contributed by atoms with Gasteiger partial charge < -0.3 is 4.90 Å². The lowest BCUT2D eigenvalue weighted by Crippen LogP contribution is -2.43. The van der Waals surface area contributed by atoms with Crippen molar-refractivity contribution in [3.8, 4) is 0 Å². The summed E-state index contributed by atoms with van der Waals surface area (Å²) in [5.74, 6) is 0.708. The first-order valence-electron chi connectivity index (χ1n) is 4.28. The second-order valence-corrected chi connectivity index (χ2v) is 4.81. The van der Waals surface area contributed by atoms with Crippen LogP contribution < -0.4 is 0 Å². The lowest BCUT2D eigenvalue weighted by Gasteiger charge is -2.30. The molecule has 1 heterocycles. The molecule has 0 saturated carbocycles. The summed E-state index contributed by atoms with van der Waals surface area (Å²) >= 11 is 1.50. The second-order valence-electron chi connectivity index (χ2n) is 3.94. The van der Waals surface area contributed by atoms with E-state index in [0.29, 0.717) is 18.7 Å². The third kappa shape index (κ3) is 2.24. The Kier molecular flexibility index (Phi) is 3.01. The monoisotopic (exact) mass is 201 g/mol. The van der Waals surface area contributed by atoms with Crippen LogP contribution in [0, 0.1) is 0 Å². The fourth-order valence-electron chi connectivity index (χ4n) is 1.65. The van der Waals surface area contributed by atoms with E-state index in [2.05, 4.69) is 0 Å². The molecule has 74 valence electrons. The van der Waals surface area contributed by atoms with Gasteiger partial charge in [0.1, 0.15) is 0 Å². The van der Waals surface area contributed by atoms with E-state index in [9.17, 15) is 9.59 Å². The predicted molar refractivity (Wildman–Crippen MR) is 53.8 cm³/mol. The van der Waals surface area contributed by atoms with Gasteiger partial charge >= 0.3 is 0 Å². The van der Waals surface area contributed by atoms with Crippen LogP contribution >= 0.6 is 11.8 Å². The SMILES string of the molecule is CSCC(=O)N1CC(=O)CC1(C)C. The summed E-state index contributed by atoms with van der Waals surface area (Å²) in [5, 5.41) is 0. The van der Waals surface area contributed by atoms with Crippen molar-refractivity contribution in [3.63, 3.8) is 0 Å². The Morgan fingerprint density at radius 1 is 1.62 bits per heavy atom. The third-order valence-electron chi connectivity index (χ3n) is 2.26. The van der Waals surface area contributed by atoms with Gasteiger partial charge in [0.15, 0.2) is 5.78 Å². The zero-order chi connectivity index (χ0) is 10.1. The van der Waals surface area contributed by atoms with Crippen molar-refractivity contribution in [2.45, 2.75) is 25.8 Å². The highest BCUT2D eigenvalue weighted by atomic mass is 32.2. The first-order chi connectivity index (χ1) is 5.97. The van der Waals surface area contributed by atoms with Crippen LogP contribution in [0.2, 0.25) is 0 Å². The van der Waals surface area contributed by atoms with Crippen LogP contribution in [0.1, 0.15) is 20.3 Å². The predicted octanol–water partition coefficient (Wildman–Crippen LogP) is 0.929. The summed E-state index contributed by atoms with van der Waals surface area (Å²) in [6, 6.07) is 0. The Balaban J connectivity index is 2.69. The molecule has 0 aliphatic carbocycles. The summed E-state index contributed by atoms with van der Waals surface area (Å²) in [4.78, 5) is 24.4. The van der Waals surface area contributed by atoms with Gasteiger partial charge in [0.2, 0.25) is 5.91 Å². The molecule has 0 aromatic carbocycles. The number of Topliss-reactive ketones (excluding diaryl/α,β-unsaturated/α-hetero) is 1. The van der Waals surface area contributed by atoms with Gasteiger partial charge in [-0.1, -0.05) is 0 Å². The second kappa shape index (κ2) is 3.70. The summed E-state index contributed by atoms with van der Waals surface area (Å²) in [6.07, 6.45) is 2.38. The molecule has 0 unspecified atom stereocenters. The minimum Gasteiger partial charge on any atom is -0.329 e. The van der Waals surface area contributed by atoms with Gasteiger partial charge in [0, 0.05) is 12.0 Å². The summed E-state index contributed by atoms with van der Waals surface area (Å²) in [5.41, 5.74) is -0.274. The lowest BCUT2D eigenvalue weighted by atomic mass is 10.0. The first-order valence-corrected chi connectivity index (χ1v) is 5.68. The number of likely N-dealkylation sites (tertiary alicyclic amines) is 1. The van der Waals surface area contributed by atoms with Crippen molar-refractivity contribution in [1.29, 1.82) is 0 Å². The van der Waals surface area contributed by atoms with Gasteiger partial charge in [-0.2, -0.15) is 11.8 Å². The standard InChI is InChI=1S/C9H15NO2S/c1-9(2)4-7(11)5-10(9)8(12)6-13-3/h4-6H2,1-3H3. The van der Waals surface area contributed by atoms with Gasteiger partial charge in [0.05, 0.1) is 12.3 Å². The number of hydrogen-bond acceptors (Lipinski definition) is 3.